The second kappa shape index (κ2) is 4.87. The molecule has 0 heterocycles. The van der Waals surface area contributed by atoms with E-state index in [1.54, 1.807) is 25.1 Å². The molecule has 1 rings (SSSR count). The monoisotopic (exact) mass is 225 g/mol. The zero-order valence-electron chi connectivity index (χ0n) is 8.25. The van der Waals surface area contributed by atoms with Crippen molar-refractivity contribution in [1.29, 1.82) is 0 Å². The molecule has 1 aromatic carbocycles. The fraction of sp³-hybridized carbons (Fsp3) is 0.300. The highest BCUT2D eigenvalue weighted by Gasteiger charge is 2.17. The zero-order valence-corrected chi connectivity index (χ0v) is 9.07. The summed E-state index contributed by atoms with van der Waals surface area (Å²) in [6.45, 7) is 1.56. The van der Waals surface area contributed by atoms with Crippen LogP contribution in [-0.4, -0.2) is 26.3 Å². The Morgan fingerprint density at radius 3 is 2.47 bits per heavy atom. The smallest absolute Gasteiger partial charge is 0.224 e. The summed E-state index contributed by atoms with van der Waals surface area (Å²) in [6.07, 6.45) is 1.35. The fourth-order valence-corrected chi connectivity index (χ4v) is 2.64. The second-order valence-corrected chi connectivity index (χ2v) is 5.20. The number of benzene rings is 1. The number of isocyanates is 1. The van der Waals surface area contributed by atoms with Crippen molar-refractivity contribution in [2.45, 2.75) is 17.9 Å². The van der Waals surface area contributed by atoms with Gasteiger partial charge in [-0.2, -0.15) is 0 Å². The van der Waals surface area contributed by atoms with Crippen LogP contribution in [0.15, 0.2) is 40.2 Å². The van der Waals surface area contributed by atoms with E-state index in [4.69, 9.17) is 0 Å². The van der Waals surface area contributed by atoms with Gasteiger partial charge in [-0.3, -0.25) is 0 Å². The molecule has 0 aliphatic heterocycles. The van der Waals surface area contributed by atoms with E-state index in [1.165, 1.54) is 18.2 Å². The minimum Gasteiger partial charge on any atom is -0.224 e. The predicted octanol–water partition coefficient (Wildman–Crippen LogP) is 1.18. The van der Waals surface area contributed by atoms with E-state index in [0.29, 0.717) is 0 Å². The quantitative estimate of drug-likeness (QED) is 0.571. The number of carbonyl (C=O) groups excluding carboxylic acids is 1. The van der Waals surface area contributed by atoms with E-state index in [9.17, 15) is 13.2 Å². The predicted molar refractivity (Wildman–Crippen MR) is 56.1 cm³/mol. The van der Waals surface area contributed by atoms with Gasteiger partial charge < -0.3 is 0 Å². The van der Waals surface area contributed by atoms with Crippen LogP contribution in [0.2, 0.25) is 0 Å². The van der Waals surface area contributed by atoms with Crippen LogP contribution in [0.25, 0.3) is 0 Å². The summed E-state index contributed by atoms with van der Waals surface area (Å²) < 4.78 is 23.5. The van der Waals surface area contributed by atoms with Crippen molar-refractivity contribution >= 4 is 15.9 Å². The van der Waals surface area contributed by atoms with Gasteiger partial charge in [0.2, 0.25) is 6.08 Å². The molecule has 0 aromatic heterocycles. The Kier molecular flexibility index (Phi) is 3.77. The molecule has 5 heteroatoms. The molecule has 0 N–H and O–H groups in total. The molecule has 1 aromatic rings. The maximum atomic E-state index is 11.7. The van der Waals surface area contributed by atoms with Gasteiger partial charge in [-0.1, -0.05) is 18.2 Å². The molecule has 0 aliphatic carbocycles. The van der Waals surface area contributed by atoms with Gasteiger partial charge in [-0.05, 0) is 19.1 Å². The lowest BCUT2D eigenvalue weighted by molar-refractivity contribution is 0.559. The lowest BCUT2D eigenvalue weighted by Crippen LogP contribution is -2.16. The van der Waals surface area contributed by atoms with Crippen molar-refractivity contribution in [2.24, 2.45) is 4.99 Å². The van der Waals surface area contributed by atoms with Crippen LogP contribution in [0.1, 0.15) is 6.92 Å². The first-order valence-corrected chi connectivity index (χ1v) is 6.06. The number of hydrogen-bond donors (Lipinski definition) is 0. The van der Waals surface area contributed by atoms with Gasteiger partial charge in [0.15, 0.2) is 9.84 Å². The standard InChI is InChI=1S/C10H11NO3S/c1-9(11-8-12)7-15(13,14)10-5-3-2-4-6-10/h2-6,9H,7H2,1H3. The first-order chi connectivity index (χ1) is 7.06. The van der Waals surface area contributed by atoms with Crippen molar-refractivity contribution in [3.8, 4) is 0 Å². The van der Waals surface area contributed by atoms with Crippen LogP contribution < -0.4 is 0 Å². The number of sulfone groups is 1. The van der Waals surface area contributed by atoms with Crippen molar-refractivity contribution in [1.82, 2.24) is 0 Å². The topological polar surface area (TPSA) is 63.6 Å². The fourth-order valence-electron chi connectivity index (χ4n) is 1.17. The van der Waals surface area contributed by atoms with Crippen LogP contribution in [0, 0.1) is 0 Å². The van der Waals surface area contributed by atoms with Crippen molar-refractivity contribution in [3.63, 3.8) is 0 Å². The molecule has 0 saturated carbocycles. The molecule has 0 spiro atoms. The molecular formula is C10H11NO3S. The molecule has 0 fully saturated rings. The van der Waals surface area contributed by atoms with Gasteiger partial charge in [-0.25, -0.2) is 18.2 Å². The molecule has 0 radical (unpaired) electrons. The zero-order chi connectivity index (χ0) is 11.3. The van der Waals surface area contributed by atoms with Crippen molar-refractivity contribution in [2.75, 3.05) is 5.75 Å². The molecule has 15 heavy (non-hydrogen) atoms. The van der Waals surface area contributed by atoms with Gasteiger partial charge in [0.05, 0.1) is 16.7 Å². The number of rotatable bonds is 4. The summed E-state index contributed by atoms with van der Waals surface area (Å²) in [7, 11) is -3.35. The Morgan fingerprint density at radius 1 is 1.33 bits per heavy atom. The first-order valence-electron chi connectivity index (χ1n) is 4.41. The normalized spacial score (nSPS) is 12.9. The molecule has 0 bridgehead atoms. The Bertz CT molecular complexity index is 461. The summed E-state index contributed by atoms with van der Waals surface area (Å²) >= 11 is 0. The Morgan fingerprint density at radius 2 is 1.93 bits per heavy atom. The molecule has 0 amide bonds. The summed E-state index contributed by atoms with van der Waals surface area (Å²) in [4.78, 5) is 13.5. The summed E-state index contributed by atoms with van der Waals surface area (Å²) in [5.41, 5.74) is 0. The SMILES string of the molecule is CC(CS(=O)(=O)c1ccccc1)N=C=O. The second-order valence-electron chi connectivity index (χ2n) is 3.16. The van der Waals surface area contributed by atoms with Crippen LogP contribution in [0.5, 0.6) is 0 Å². The molecule has 4 nitrogen and oxygen atoms in total. The largest absolute Gasteiger partial charge is 0.235 e. The van der Waals surface area contributed by atoms with Crippen LogP contribution >= 0.6 is 0 Å². The van der Waals surface area contributed by atoms with Crippen molar-refractivity contribution < 1.29 is 13.2 Å². The van der Waals surface area contributed by atoms with E-state index >= 15 is 0 Å². The molecule has 1 unspecified atom stereocenters. The third-order valence-electron chi connectivity index (χ3n) is 1.84. The lowest BCUT2D eigenvalue weighted by Gasteiger charge is -2.05. The third kappa shape index (κ3) is 3.31. The Labute approximate surface area is 88.6 Å². The highest BCUT2D eigenvalue weighted by molar-refractivity contribution is 7.91. The Hall–Kier alpha value is -1.45. The highest BCUT2D eigenvalue weighted by atomic mass is 32.2. The minimum absolute atomic E-state index is 0.174. The summed E-state index contributed by atoms with van der Waals surface area (Å²) in [5.74, 6) is -0.174. The minimum atomic E-state index is -3.35. The average Bonchev–Trinajstić information content (AvgIpc) is 2.18. The third-order valence-corrected chi connectivity index (χ3v) is 3.75. The van der Waals surface area contributed by atoms with Crippen molar-refractivity contribution in [3.05, 3.63) is 30.3 Å². The summed E-state index contributed by atoms with van der Waals surface area (Å²) in [5, 5.41) is 0. The van der Waals surface area contributed by atoms with Gasteiger partial charge in [0.1, 0.15) is 0 Å². The maximum Gasteiger partial charge on any atom is 0.235 e. The summed E-state index contributed by atoms with van der Waals surface area (Å²) in [6, 6.07) is 7.53. The van der Waals surface area contributed by atoms with E-state index in [-0.39, 0.29) is 10.6 Å². The van der Waals surface area contributed by atoms with Gasteiger partial charge in [0, 0.05) is 0 Å². The molecule has 1 atom stereocenters. The maximum absolute atomic E-state index is 11.7. The van der Waals surface area contributed by atoms with E-state index in [0.717, 1.165) is 0 Å². The van der Waals surface area contributed by atoms with Gasteiger partial charge in [0.25, 0.3) is 0 Å². The Balaban J connectivity index is 2.90. The van der Waals surface area contributed by atoms with Crippen LogP contribution in [0.3, 0.4) is 0 Å². The van der Waals surface area contributed by atoms with E-state index in [2.05, 4.69) is 4.99 Å². The number of aliphatic imine (C=N–C) groups is 1. The highest BCUT2D eigenvalue weighted by Crippen LogP contribution is 2.11. The van der Waals surface area contributed by atoms with Crippen LogP contribution in [0.4, 0.5) is 0 Å². The van der Waals surface area contributed by atoms with Gasteiger partial charge in [-0.15, -0.1) is 0 Å². The molecular weight excluding hydrogens is 214 g/mol. The molecule has 0 aliphatic rings. The average molecular weight is 225 g/mol. The molecule has 0 saturated heterocycles. The number of hydrogen-bond acceptors (Lipinski definition) is 4. The molecule has 80 valence electrons. The van der Waals surface area contributed by atoms with E-state index in [1.807, 2.05) is 0 Å². The van der Waals surface area contributed by atoms with Gasteiger partial charge >= 0.3 is 0 Å². The lowest BCUT2D eigenvalue weighted by atomic mass is 10.4. The number of nitrogens with zero attached hydrogens (tertiary/aromatic N) is 1. The first kappa shape index (κ1) is 11.6. The van der Waals surface area contributed by atoms with Crippen LogP contribution in [-0.2, 0) is 14.6 Å². The van der Waals surface area contributed by atoms with E-state index < -0.39 is 15.9 Å².